The third-order valence-corrected chi connectivity index (χ3v) is 5.96. The van der Waals surface area contributed by atoms with Crippen molar-refractivity contribution in [1.29, 1.82) is 0 Å². The summed E-state index contributed by atoms with van der Waals surface area (Å²) in [7, 11) is 0. The minimum atomic E-state index is -0.0968. The zero-order valence-electron chi connectivity index (χ0n) is 17.5. The molecule has 1 aromatic heterocycles. The lowest BCUT2D eigenvalue weighted by Gasteiger charge is -2.13. The summed E-state index contributed by atoms with van der Waals surface area (Å²) in [4.78, 5) is 17.6. The van der Waals surface area contributed by atoms with E-state index in [-0.39, 0.29) is 5.78 Å². The van der Waals surface area contributed by atoms with E-state index in [1.54, 1.807) is 23.5 Å². The Balaban J connectivity index is 1.53. The van der Waals surface area contributed by atoms with Crippen LogP contribution in [0.25, 0.3) is 16.6 Å². The lowest BCUT2D eigenvalue weighted by atomic mass is 10.0. The van der Waals surface area contributed by atoms with Gasteiger partial charge in [0.25, 0.3) is 0 Å². The molecule has 0 fully saturated rings. The second-order valence-corrected chi connectivity index (χ2v) is 8.21. The summed E-state index contributed by atoms with van der Waals surface area (Å²) < 4.78 is 6.03. The maximum atomic E-state index is 13.0. The van der Waals surface area contributed by atoms with Gasteiger partial charge in [0.2, 0.25) is 0 Å². The minimum absolute atomic E-state index is 0.0968. The van der Waals surface area contributed by atoms with Gasteiger partial charge >= 0.3 is 0 Å². The Labute approximate surface area is 186 Å². The minimum Gasteiger partial charge on any atom is -0.488 e. The summed E-state index contributed by atoms with van der Waals surface area (Å²) in [5.41, 5.74) is 5.62. The van der Waals surface area contributed by atoms with Crippen LogP contribution in [0.4, 0.5) is 0 Å². The van der Waals surface area contributed by atoms with Crippen LogP contribution in [0.1, 0.15) is 32.7 Å². The third kappa shape index (κ3) is 5.16. The van der Waals surface area contributed by atoms with Gasteiger partial charge in [0.1, 0.15) is 17.4 Å². The monoisotopic (exact) mass is 425 g/mol. The van der Waals surface area contributed by atoms with E-state index in [4.69, 9.17) is 4.74 Å². The number of carbonyl (C=O) groups excluding carboxylic acids is 1. The average molecular weight is 426 g/mol. The van der Waals surface area contributed by atoms with Crippen molar-refractivity contribution in [1.82, 2.24) is 4.98 Å². The molecule has 0 atom stereocenters. The quantitative estimate of drug-likeness (QED) is 0.239. The summed E-state index contributed by atoms with van der Waals surface area (Å²) in [6.45, 7) is 4.44. The van der Waals surface area contributed by atoms with Crippen LogP contribution < -0.4 is 4.74 Å². The van der Waals surface area contributed by atoms with E-state index in [1.165, 1.54) is 0 Å². The molecule has 3 nitrogen and oxygen atoms in total. The van der Waals surface area contributed by atoms with Crippen LogP contribution in [-0.2, 0) is 6.61 Å². The smallest absolute Gasteiger partial charge is 0.189 e. The van der Waals surface area contributed by atoms with E-state index < -0.39 is 0 Å². The Bertz CT molecular complexity index is 1210. The van der Waals surface area contributed by atoms with Gasteiger partial charge in [-0.2, -0.15) is 0 Å². The van der Waals surface area contributed by atoms with Crippen molar-refractivity contribution in [2.45, 2.75) is 20.5 Å². The van der Waals surface area contributed by atoms with Gasteiger partial charge in [-0.25, -0.2) is 4.98 Å². The Morgan fingerprint density at radius 1 is 0.968 bits per heavy atom. The summed E-state index contributed by atoms with van der Waals surface area (Å²) in [6, 6.07) is 23.8. The van der Waals surface area contributed by atoms with Crippen molar-refractivity contribution < 1.29 is 9.53 Å². The molecule has 1 heterocycles. The first kappa shape index (κ1) is 20.8. The number of aromatic nitrogens is 1. The Morgan fingerprint density at radius 3 is 2.39 bits per heavy atom. The predicted octanol–water partition coefficient (Wildman–Crippen LogP) is 6.90. The number of allylic oxidation sites excluding steroid dienone is 1. The molecule has 0 aliphatic heterocycles. The molecule has 3 aromatic carbocycles. The fraction of sp³-hybridized carbons (Fsp3) is 0.111. The molecule has 0 amide bonds. The van der Waals surface area contributed by atoms with E-state index >= 15 is 0 Å². The van der Waals surface area contributed by atoms with Crippen LogP contribution in [-0.4, -0.2) is 10.8 Å². The standard InChI is InChI=1S/C27H23NO2S/c1-19-15-24(26(16-20(19)2)30-17-21-9-5-3-6-10-21)25(29)14-13-23-18-31-27(28-23)22-11-7-4-8-12-22/h3-16,18H,17H2,1-2H3/b14-13-. The molecule has 4 rings (SSSR count). The number of ether oxygens (including phenoxy) is 1. The molecular weight excluding hydrogens is 402 g/mol. The molecule has 4 heteroatoms. The number of hydrogen-bond donors (Lipinski definition) is 0. The van der Waals surface area contributed by atoms with Gasteiger partial charge in [0.15, 0.2) is 5.78 Å². The number of aryl methyl sites for hydroxylation is 2. The zero-order chi connectivity index (χ0) is 21.6. The topological polar surface area (TPSA) is 39.2 Å². The molecule has 0 saturated carbocycles. The van der Waals surface area contributed by atoms with Crippen LogP contribution >= 0.6 is 11.3 Å². The van der Waals surface area contributed by atoms with Gasteiger partial charge in [-0.1, -0.05) is 60.7 Å². The van der Waals surface area contributed by atoms with E-state index in [9.17, 15) is 4.79 Å². The number of benzene rings is 3. The van der Waals surface area contributed by atoms with Gasteiger partial charge in [-0.3, -0.25) is 4.79 Å². The molecule has 31 heavy (non-hydrogen) atoms. The first-order valence-electron chi connectivity index (χ1n) is 10.1. The first-order chi connectivity index (χ1) is 15.1. The second kappa shape index (κ2) is 9.54. The Kier molecular flexibility index (Phi) is 6.39. The molecular formula is C27H23NO2S. The SMILES string of the molecule is Cc1cc(OCc2ccccc2)c(C(=O)/C=C\c2csc(-c3ccccc3)n2)cc1C. The fourth-order valence-electron chi connectivity index (χ4n) is 3.16. The molecule has 154 valence electrons. The van der Waals surface area contributed by atoms with Crippen molar-refractivity contribution in [2.75, 3.05) is 0 Å². The zero-order valence-corrected chi connectivity index (χ0v) is 18.4. The molecule has 0 saturated heterocycles. The average Bonchev–Trinajstić information content (AvgIpc) is 3.28. The molecule has 4 aromatic rings. The second-order valence-electron chi connectivity index (χ2n) is 7.35. The van der Waals surface area contributed by atoms with Gasteiger partial charge in [0.05, 0.1) is 11.3 Å². The van der Waals surface area contributed by atoms with Crippen LogP contribution in [0.3, 0.4) is 0 Å². The van der Waals surface area contributed by atoms with E-state index in [0.29, 0.717) is 17.9 Å². The predicted molar refractivity (Wildman–Crippen MR) is 128 cm³/mol. The number of nitrogens with zero attached hydrogens (tertiary/aromatic N) is 1. The maximum absolute atomic E-state index is 13.0. The van der Waals surface area contributed by atoms with E-state index in [0.717, 1.165) is 33.0 Å². The third-order valence-electron chi connectivity index (χ3n) is 5.05. The molecule has 0 unspecified atom stereocenters. The number of hydrogen-bond acceptors (Lipinski definition) is 4. The largest absolute Gasteiger partial charge is 0.488 e. The van der Waals surface area contributed by atoms with Crippen molar-refractivity contribution in [2.24, 2.45) is 0 Å². The highest BCUT2D eigenvalue weighted by molar-refractivity contribution is 7.13. The van der Waals surface area contributed by atoms with E-state index in [1.807, 2.05) is 92.0 Å². The molecule has 0 N–H and O–H groups in total. The lowest BCUT2D eigenvalue weighted by Crippen LogP contribution is -2.04. The summed E-state index contributed by atoms with van der Waals surface area (Å²) >= 11 is 1.57. The van der Waals surface area contributed by atoms with Crippen LogP contribution in [0, 0.1) is 13.8 Å². The highest BCUT2D eigenvalue weighted by atomic mass is 32.1. The van der Waals surface area contributed by atoms with Crippen LogP contribution in [0.5, 0.6) is 5.75 Å². The molecule has 0 aliphatic rings. The normalized spacial score (nSPS) is 11.0. The molecule has 0 spiro atoms. The van der Waals surface area contributed by atoms with Crippen molar-refractivity contribution in [3.8, 4) is 16.3 Å². The van der Waals surface area contributed by atoms with Crippen LogP contribution in [0.15, 0.2) is 84.3 Å². The number of carbonyl (C=O) groups is 1. The highest BCUT2D eigenvalue weighted by Crippen LogP contribution is 2.27. The van der Waals surface area contributed by atoms with E-state index in [2.05, 4.69) is 4.98 Å². The van der Waals surface area contributed by atoms with Crippen molar-refractivity contribution >= 4 is 23.2 Å². The number of ketones is 1. The molecule has 0 radical (unpaired) electrons. The van der Waals surface area contributed by atoms with Gasteiger partial charge in [-0.05, 0) is 54.8 Å². The summed E-state index contributed by atoms with van der Waals surface area (Å²) in [5.74, 6) is 0.505. The Hall–Kier alpha value is -3.50. The summed E-state index contributed by atoms with van der Waals surface area (Å²) in [6.07, 6.45) is 3.34. The lowest BCUT2D eigenvalue weighted by molar-refractivity contribution is 0.104. The number of thiazole rings is 1. The van der Waals surface area contributed by atoms with Gasteiger partial charge < -0.3 is 4.74 Å². The summed E-state index contributed by atoms with van der Waals surface area (Å²) in [5, 5.41) is 2.89. The highest BCUT2D eigenvalue weighted by Gasteiger charge is 2.13. The van der Waals surface area contributed by atoms with Crippen molar-refractivity contribution in [3.05, 3.63) is 112 Å². The Morgan fingerprint density at radius 2 is 1.65 bits per heavy atom. The van der Waals surface area contributed by atoms with Gasteiger partial charge in [0, 0.05) is 10.9 Å². The first-order valence-corrected chi connectivity index (χ1v) is 11.0. The van der Waals surface area contributed by atoms with Crippen molar-refractivity contribution in [3.63, 3.8) is 0 Å². The number of rotatable bonds is 7. The molecule has 0 bridgehead atoms. The van der Waals surface area contributed by atoms with Crippen LogP contribution in [0.2, 0.25) is 0 Å². The fourth-order valence-corrected chi connectivity index (χ4v) is 3.96. The van der Waals surface area contributed by atoms with Gasteiger partial charge in [-0.15, -0.1) is 11.3 Å². The molecule has 0 aliphatic carbocycles. The maximum Gasteiger partial charge on any atom is 0.189 e.